The van der Waals surface area contributed by atoms with Gasteiger partial charge in [0.2, 0.25) is 5.91 Å². The van der Waals surface area contributed by atoms with Crippen molar-refractivity contribution in [2.24, 2.45) is 0 Å². The molecule has 1 N–H and O–H groups in total. The van der Waals surface area contributed by atoms with E-state index in [9.17, 15) is 14.4 Å². The molecular formula is C16H18ClN3O4. The van der Waals surface area contributed by atoms with Crippen LogP contribution in [0, 0.1) is 0 Å². The number of carbonyl (C=O) groups excluding carboxylic acids is 3. The maximum Gasteiger partial charge on any atom is 0.278 e. The Morgan fingerprint density at radius 2 is 1.83 bits per heavy atom. The van der Waals surface area contributed by atoms with Crippen LogP contribution >= 0.6 is 11.6 Å². The van der Waals surface area contributed by atoms with Crippen molar-refractivity contribution >= 4 is 35.0 Å². The number of piperazine rings is 1. The Kier molecular flexibility index (Phi) is 4.13. The maximum absolute atomic E-state index is 12.8. The minimum absolute atomic E-state index is 0.0224. The summed E-state index contributed by atoms with van der Waals surface area (Å²) in [6.45, 7) is 4.60. The van der Waals surface area contributed by atoms with E-state index in [4.69, 9.17) is 16.3 Å². The van der Waals surface area contributed by atoms with E-state index in [0.29, 0.717) is 42.6 Å². The largest absolute Gasteiger partial charge is 0.466 e. The van der Waals surface area contributed by atoms with Gasteiger partial charge in [0.15, 0.2) is 0 Å². The van der Waals surface area contributed by atoms with E-state index in [2.05, 4.69) is 5.32 Å². The molecule has 2 heterocycles. The summed E-state index contributed by atoms with van der Waals surface area (Å²) in [5.74, 6) is -0.567. The summed E-state index contributed by atoms with van der Waals surface area (Å²) in [4.78, 5) is 39.9. The number of nitrogens with one attached hydrogen (secondary N) is 1. The third-order valence-corrected chi connectivity index (χ3v) is 4.59. The van der Waals surface area contributed by atoms with Crippen molar-refractivity contribution < 1.29 is 19.1 Å². The van der Waals surface area contributed by atoms with Crippen molar-refractivity contribution in [3.63, 3.8) is 0 Å². The molecule has 1 aromatic rings. The molecular weight excluding hydrogens is 334 g/mol. The Hall–Kier alpha value is -2.28. The number of benzene rings is 1. The van der Waals surface area contributed by atoms with Crippen molar-refractivity contribution in [1.82, 2.24) is 9.80 Å². The van der Waals surface area contributed by atoms with Gasteiger partial charge in [-0.15, -0.1) is 0 Å². The number of anilines is 1. The first-order valence-electron chi connectivity index (χ1n) is 7.66. The molecule has 3 amide bonds. The van der Waals surface area contributed by atoms with Crippen LogP contribution in [-0.4, -0.2) is 59.3 Å². The van der Waals surface area contributed by atoms with E-state index in [0.717, 1.165) is 0 Å². The van der Waals surface area contributed by atoms with Crippen LogP contribution in [0.25, 0.3) is 0 Å². The van der Waals surface area contributed by atoms with Gasteiger partial charge in [-0.1, -0.05) is 11.6 Å². The summed E-state index contributed by atoms with van der Waals surface area (Å²) in [6.07, 6.45) is 0. The number of hydrogen-bond acceptors (Lipinski definition) is 4. The third-order valence-electron chi connectivity index (χ3n) is 4.36. The van der Waals surface area contributed by atoms with E-state index in [1.165, 1.54) is 13.8 Å². The van der Waals surface area contributed by atoms with Crippen molar-refractivity contribution in [1.29, 1.82) is 0 Å². The van der Waals surface area contributed by atoms with Crippen LogP contribution in [-0.2, 0) is 14.4 Å². The van der Waals surface area contributed by atoms with Crippen LogP contribution < -0.4 is 10.1 Å². The van der Waals surface area contributed by atoms with Gasteiger partial charge in [0, 0.05) is 38.1 Å². The summed E-state index contributed by atoms with van der Waals surface area (Å²) in [7, 11) is 0. The lowest BCUT2D eigenvalue weighted by Gasteiger charge is -2.40. The monoisotopic (exact) mass is 351 g/mol. The van der Waals surface area contributed by atoms with Gasteiger partial charge < -0.3 is 19.9 Å². The summed E-state index contributed by atoms with van der Waals surface area (Å²) >= 11 is 5.90. The number of carbonyl (C=O) groups is 3. The zero-order chi connectivity index (χ0) is 17.5. The average molecular weight is 352 g/mol. The fraction of sp³-hybridized carbons (Fsp3) is 0.438. The highest BCUT2D eigenvalue weighted by molar-refractivity contribution is 6.31. The van der Waals surface area contributed by atoms with E-state index >= 15 is 0 Å². The molecule has 3 rings (SSSR count). The number of rotatable bonds is 1. The molecule has 7 nitrogen and oxygen atoms in total. The molecule has 2 aliphatic heterocycles. The van der Waals surface area contributed by atoms with Crippen molar-refractivity contribution in [2.75, 3.05) is 31.5 Å². The second kappa shape index (κ2) is 5.98. The van der Waals surface area contributed by atoms with Crippen molar-refractivity contribution in [3.05, 3.63) is 23.2 Å². The Balaban J connectivity index is 1.78. The summed E-state index contributed by atoms with van der Waals surface area (Å²) in [6, 6.07) is 4.83. The predicted molar refractivity (Wildman–Crippen MR) is 87.9 cm³/mol. The highest BCUT2D eigenvalue weighted by atomic mass is 35.5. The molecule has 0 saturated carbocycles. The van der Waals surface area contributed by atoms with Crippen LogP contribution in [0.1, 0.15) is 13.8 Å². The summed E-state index contributed by atoms with van der Waals surface area (Å²) in [5, 5.41) is 3.14. The number of fused-ring (bicyclic) bond motifs is 1. The van der Waals surface area contributed by atoms with Crippen molar-refractivity contribution in [2.45, 2.75) is 19.4 Å². The lowest BCUT2D eigenvalue weighted by molar-refractivity contribution is -0.157. The molecule has 128 valence electrons. The fourth-order valence-corrected chi connectivity index (χ4v) is 3.04. The molecule has 24 heavy (non-hydrogen) atoms. The molecule has 0 spiro atoms. The van der Waals surface area contributed by atoms with Crippen LogP contribution in [0.5, 0.6) is 5.75 Å². The second-order valence-corrected chi connectivity index (χ2v) is 6.46. The minimum atomic E-state index is -1.64. The highest BCUT2D eigenvalue weighted by Crippen LogP contribution is 2.36. The Morgan fingerprint density at radius 1 is 1.21 bits per heavy atom. The molecule has 0 bridgehead atoms. The van der Waals surface area contributed by atoms with Gasteiger partial charge in [-0.25, -0.2) is 0 Å². The lowest BCUT2D eigenvalue weighted by Crippen LogP contribution is -2.62. The molecule has 2 aliphatic rings. The Morgan fingerprint density at radius 3 is 2.46 bits per heavy atom. The Labute approximate surface area is 144 Å². The van der Waals surface area contributed by atoms with Gasteiger partial charge in [0.25, 0.3) is 17.4 Å². The van der Waals surface area contributed by atoms with Crippen molar-refractivity contribution in [3.8, 4) is 5.75 Å². The molecule has 1 unspecified atom stereocenters. The van der Waals surface area contributed by atoms with E-state index in [1.54, 1.807) is 28.0 Å². The standard InChI is InChI=1S/C16H18ClN3O4/c1-10(21)19-5-7-20(8-6-19)15(23)16(2)14(22)18-12-9-11(17)3-4-13(12)24-16/h3-4,9H,5-8H2,1-2H3,(H,18,22). The zero-order valence-corrected chi connectivity index (χ0v) is 14.2. The SMILES string of the molecule is CC(=O)N1CCN(C(=O)C2(C)Oc3ccc(Cl)cc3NC2=O)CC1. The number of hydrogen-bond donors (Lipinski definition) is 1. The first-order chi connectivity index (χ1) is 11.3. The van der Waals surface area contributed by atoms with Crippen LogP contribution in [0.4, 0.5) is 5.69 Å². The first-order valence-corrected chi connectivity index (χ1v) is 8.04. The zero-order valence-electron chi connectivity index (χ0n) is 13.5. The molecule has 0 aromatic heterocycles. The predicted octanol–water partition coefficient (Wildman–Crippen LogP) is 1.12. The van der Waals surface area contributed by atoms with Gasteiger partial charge in [-0.3, -0.25) is 14.4 Å². The Bertz CT molecular complexity index is 715. The molecule has 1 atom stereocenters. The van der Waals surface area contributed by atoms with Gasteiger partial charge >= 0.3 is 0 Å². The highest BCUT2D eigenvalue weighted by Gasteiger charge is 2.49. The molecule has 8 heteroatoms. The minimum Gasteiger partial charge on any atom is -0.466 e. The normalized spacial score (nSPS) is 23.2. The van der Waals surface area contributed by atoms with Gasteiger partial charge in [-0.2, -0.15) is 0 Å². The van der Waals surface area contributed by atoms with Gasteiger partial charge in [-0.05, 0) is 25.1 Å². The quantitative estimate of drug-likeness (QED) is 0.769. The topological polar surface area (TPSA) is 79.0 Å². The number of halogens is 1. The molecule has 1 fully saturated rings. The van der Waals surface area contributed by atoms with Crippen LogP contribution in [0.3, 0.4) is 0 Å². The van der Waals surface area contributed by atoms with Gasteiger partial charge in [0.1, 0.15) is 5.75 Å². The first kappa shape index (κ1) is 16.6. The fourth-order valence-electron chi connectivity index (χ4n) is 2.86. The van der Waals surface area contributed by atoms with Gasteiger partial charge in [0.05, 0.1) is 5.69 Å². The summed E-state index contributed by atoms with van der Waals surface area (Å²) in [5.41, 5.74) is -1.20. The van der Waals surface area contributed by atoms with Crippen LogP contribution in [0.15, 0.2) is 18.2 Å². The molecule has 1 saturated heterocycles. The number of amides is 3. The number of ether oxygens (including phenoxy) is 1. The lowest BCUT2D eigenvalue weighted by atomic mass is 10.00. The third kappa shape index (κ3) is 2.80. The summed E-state index contributed by atoms with van der Waals surface area (Å²) < 4.78 is 5.73. The van der Waals surface area contributed by atoms with E-state index in [-0.39, 0.29) is 5.91 Å². The molecule has 0 radical (unpaired) electrons. The average Bonchev–Trinajstić information content (AvgIpc) is 2.55. The van der Waals surface area contributed by atoms with Crippen LogP contribution in [0.2, 0.25) is 5.02 Å². The maximum atomic E-state index is 12.8. The molecule has 1 aromatic carbocycles. The smallest absolute Gasteiger partial charge is 0.278 e. The number of nitrogens with zero attached hydrogens (tertiary/aromatic N) is 2. The van der Waals surface area contributed by atoms with E-state index in [1.807, 2.05) is 0 Å². The molecule has 0 aliphatic carbocycles. The van der Waals surface area contributed by atoms with E-state index < -0.39 is 17.4 Å². The second-order valence-electron chi connectivity index (χ2n) is 6.03.